The van der Waals surface area contributed by atoms with Crippen molar-refractivity contribution >= 4 is 17.7 Å². The number of allylic oxidation sites excluding steroid dienone is 2. The Labute approximate surface area is 142 Å². The summed E-state index contributed by atoms with van der Waals surface area (Å²) in [5, 5.41) is 2.55. The van der Waals surface area contributed by atoms with Crippen LogP contribution in [-0.2, 0) is 25.5 Å². The Morgan fingerprint density at radius 3 is 2.54 bits per heavy atom. The molecule has 0 atom stereocenters. The first-order valence-electron chi connectivity index (χ1n) is 8.09. The van der Waals surface area contributed by atoms with Gasteiger partial charge in [0.15, 0.2) is 5.78 Å². The molecular weight excluding hydrogens is 306 g/mol. The molecule has 1 amide bonds. The Morgan fingerprint density at radius 2 is 1.88 bits per heavy atom. The number of aryl methyl sites for hydroxylation is 1. The van der Waals surface area contributed by atoms with Gasteiger partial charge >= 0.3 is 5.97 Å². The molecule has 1 aromatic rings. The number of ketones is 1. The lowest BCUT2D eigenvalue weighted by Gasteiger charge is -2.27. The zero-order valence-electron chi connectivity index (χ0n) is 14.1. The van der Waals surface area contributed by atoms with E-state index in [1.807, 2.05) is 44.2 Å². The number of nitrogens with one attached hydrogen (secondary N) is 1. The van der Waals surface area contributed by atoms with Gasteiger partial charge in [-0.3, -0.25) is 9.59 Å². The second-order valence-corrected chi connectivity index (χ2v) is 6.83. The van der Waals surface area contributed by atoms with Crippen molar-refractivity contribution in [3.8, 4) is 0 Å². The average Bonchev–Trinajstić information content (AvgIpc) is 2.50. The van der Waals surface area contributed by atoms with Crippen molar-refractivity contribution in [3.05, 3.63) is 47.7 Å². The number of carbonyl (C=O) groups is 3. The number of ether oxygens (including phenoxy) is 1. The van der Waals surface area contributed by atoms with Crippen LogP contribution < -0.4 is 5.32 Å². The maximum atomic E-state index is 11.8. The smallest absolute Gasteiger partial charge is 0.330 e. The second kappa shape index (κ2) is 7.90. The SMILES string of the molecule is CC1(C)CC(=O)C=C(OC(=O)CNC(=O)CCc2ccccc2)C1. The van der Waals surface area contributed by atoms with Gasteiger partial charge in [0.2, 0.25) is 5.91 Å². The van der Waals surface area contributed by atoms with Gasteiger partial charge in [0.1, 0.15) is 12.3 Å². The minimum Gasteiger partial charge on any atom is -0.430 e. The van der Waals surface area contributed by atoms with Gasteiger partial charge in [-0.1, -0.05) is 44.2 Å². The summed E-state index contributed by atoms with van der Waals surface area (Å²) in [6.07, 6.45) is 3.29. The summed E-state index contributed by atoms with van der Waals surface area (Å²) in [7, 11) is 0. The Morgan fingerprint density at radius 1 is 1.17 bits per heavy atom. The number of hydrogen-bond donors (Lipinski definition) is 1. The van der Waals surface area contributed by atoms with E-state index in [9.17, 15) is 14.4 Å². The van der Waals surface area contributed by atoms with E-state index in [1.54, 1.807) is 0 Å². The predicted molar refractivity (Wildman–Crippen MR) is 90.0 cm³/mol. The van der Waals surface area contributed by atoms with Crippen molar-refractivity contribution in [1.82, 2.24) is 5.32 Å². The summed E-state index contributed by atoms with van der Waals surface area (Å²) in [6, 6.07) is 9.67. The molecule has 5 nitrogen and oxygen atoms in total. The van der Waals surface area contributed by atoms with Crippen LogP contribution in [0.15, 0.2) is 42.2 Å². The van der Waals surface area contributed by atoms with Gasteiger partial charge in [0.05, 0.1) is 0 Å². The third-order valence-corrected chi connectivity index (χ3v) is 3.79. The van der Waals surface area contributed by atoms with Crippen LogP contribution in [0.4, 0.5) is 0 Å². The fourth-order valence-corrected chi connectivity index (χ4v) is 2.70. The van der Waals surface area contributed by atoms with Gasteiger partial charge in [-0.05, 0) is 17.4 Å². The van der Waals surface area contributed by atoms with Crippen LogP contribution in [0.2, 0.25) is 0 Å². The summed E-state index contributed by atoms with van der Waals surface area (Å²) in [5.74, 6) is -0.426. The summed E-state index contributed by atoms with van der Waals surface area (Å²) >= 11 is 0. The molecule has 0 saturated carbocycles. The van der Waals surface area contributed by atoms with Gasteiger partial charge in [-0.25, -0.2) is 4.79 Å². The monoisotopic (exact) mass is 329 g/mol. The largest absolute Gasteiger partial charge is 0.430 e. The van der Waals surface area contributed by atoms with Crippen molar-refractivity contribution in [2.45, 2.75) is 39.5 Å². The highest BCUT2D eigenvalue weighted by atomic mass is 16.5. The van der Waals surface area contributed by atoms with E-state index in [0.717, 1.165) is 5.56 Å². The highest BCUT2D eigenvalue weighted by Crippen LogP contribution is 2.33. The lowest BCUT2D eigenvalue weighted by molar-refractivity contribution is -0.141. The fraction of sp³-hybridized carbons (Fsp3) is 0.421. The number of esters is 1. The quantitative estimate of drug-likeness (QED) is 0.814. The van der Waals surface area contributed by atoms with Crippen LogP contribution >= 0.6 is 0 Å². The molecular formula is C19H23NO4. The molecule has 0 radical (unpaired) electrons. The van der Waals surface area contributed by atoms with E-state index < -0.39 is 5.97 Å². The van der Waals surface area contributed by atoms with Crippen LogP contribution in [0.3, 0.4) is 0 Å². The molecule has 1 aliphatic carbocycles. The average molecular weight is 329 g/mol. The minimum atomic E-state index is -0.556. The molecule has 5 heteroatoms. The first-order valence-corrected chi connectivity index (χ1v) is 8.09. The third-order valence-electron chi connectivity index (χ3n) is 3.79. The lowest BCUT2D eigenvalue weighted by Crippen LogP contribution is -2.31. The molecule has 1 aliphatic rings. The molecule has 0 unspecified atom stereocenters. The summed E-state index contributed by atoms with van der Waals surface area (Å²) in [4.78, 5) is 35.2. The van der Waals surface area contributed by atoms with Crippen molar-refractivity contribution in [1.29, 1.82) is 0 Å². The maximum absolute atomic E-state index is 11.8. The van der Waals surface area contributed by atoms with Crippen molar-refractivity contribution in [3.63, 3.8) is 0 Å². The van der Waals surface area contributed by atoms with Crippen LogP contribution in [0.5, 0.6) is 0 Å². The van der Waals surface area contributed by atoms with Gasteiger partial charge < -0.3 is 10.1 Å². The predicted octanol–water partition coefficient (Wildman–Crippen LogP) is 2.55. The topological polar surface area (TPSA) is 72.5 Å². The first kappa shape index (κ1) is 17.9. The number of hydrogen-bond acceptors (Lipinski definition) is 4. The molecule has 0 fully saturated rings. The highest BCUT2D eigenvalue weighted by molar-refractivity contribution is 5.92. The maximum Gasteiger partial charge on any atom is 0.330 e. The number of rotatable bonds is 6. The van der Waals surface area contributed by atoms with Crippen LogP contribution in [0.25, 0.3) is 0 Å². The third kappa shape index (κ3) is 5.99. The second-order valence-electron chi connectivity index (χ2n) is 6.83. The van der Waals surface area contributed by atoms with E-state index in [-0.39, 0.29) is 23.7 Å². The molecule has 0 bridgehead atoms. The van der Waals surface area contributed by atoms with Gasteiger partial charge in [-0.2, -0.15) is 0 Å². The van der Waals surface area contributed by atoms with E-state index in [0.29, 0.717) is 31.4 Å². The summed E-state index contributed by atoms with van der Waals surface area (Å²) < 4.78 is 5.20. The molecule has 24 heavy (non-hydrogen) atoms. The zero-order chi connectivity index (χ0) is 17.6. The molecule has 0 heterocycles. The minimum absolute atomic E-state index is 0.0408. The van der Waals surface area contributed by atoms with Crippen LogP contribution in [0.1, 0.15) is 38.7 Å². The Hall–Kier alpha value is -2.43. The molecule has 0 saturated heterocycles. The van der Waals surface area contributed by atoms with Gasteiger partial charge in [0, 0.05) is 25.3 Å². The fourth-order valence-electron chi connectivity index (χ4n) is 2.70. The summed E-state index contributed by atoms with van der Waals surface area (Å²) in [6.45, 7) is 3.72. The van der Waals surface area contributed by atoms with E-state index in [2.05, 4.69) is 5.32 Å². The highest BCUT2D eigenvalue weighted by Gasteiger charge is 2.29. The zero-order valence-corrected chi connectivity index (χ0v) is 14.1. The van der Waals surface area contributed by atoms with Crippen molar-refractivity contribution in [2.24, 2.45) is 5.41 Å². The number of amides is 1. The van der Waals surface area contributed by atoms with E-state index in [4.69, 9.17) is 4.74 Å². The molecule has 1 aromatic carbocycles. The van der Waals surface area contributed by atoms with Crippen molar-refractivity contribution in [2.75, 3.05) is 6.54 Å². The normalized spacial score (nSPS) is 16.2. The lowest BCUT2D eigenvalue weighted by atomic mass is 9.79. The molecule has 2 rings (SSSR count). The van der Waals surface area contributed by atoms with Gasteiger partial charge in [0.25, 0.3) is 0 Å². The molecule has 0 aliphatic heterocycles. The Balaban J connectivity index is 1.73. The Bertz CT molecular complexity index is 647. The standard InChI is InChI=1S/C19H23NO4/c1-19(2)11-15(21)10-16(12-19)24-18(23)13-20-17(22)9-8-14-6-4-3-5-7-14/h3-7,10H,8-9,11-13H2,1-2H3,(H,20,22). The van der Waals surface area contributed by atoms with Gasteiger partial charge in [-0.15, -0.1) is 0 Å². The molecule has 128 valence electrons. The molecule has 0 spiro atoms. The first-order chi connectivity index (χ1) is 11.3. The van der Waals surface area contributed by atoms with E-state index >= 15 is 0 Å². The number of carbonyl (C=O) groups excluding carboxylic acids is 3. The number of benzene rings is 1. The Kier molecular flexibility index (Phi) is 5.90. The van der Waals surface area contributed by atoms with Crippen LogP contribution in [-0.4, -0.2) is 24.2 Å². The van der Waals surface area contributed by atoms with Crippen molar-refractivity contribution < 1.29 is 19.1 Å². The molecule has 0 aromatic heterocycles. The van der Waals surface area contributed by atoms with E-state index in [1.165, 1.54) is 6.08 Å². The van der Waals surface area contributed by atoms with Crippen LogP contribution in [0, 0.1) is 5.41 Å². The summed E-state index contributed by atoms with van der Waals surface area (Å²) in [5.41, 5.74) is 0.865. The molecule has 1 N–H and O–H groups in total.